The lowest BCUT2D eigenvalue weighted by Crippen LogP contribution is -2.24. The number of nitro groups is 1. The molecule has 1 aromatic rings. The third kappa shape index (κ3) is 5.06. The average Bonchev–Trinajstić information content (AvgIpc) is 2.37. The van der Waals surface area contributed by atoms with Crippen molar-refractivity contribution in [2.45, 2.75) is 19.3 Å². The van der Waals surface area contributed by atoms with E-state index in [4.69, 9.17) is 5.26 Å². The van der Waals surface area contributed by atoms with Gasteiger partial charge in [0.05, 0.1) is 11.0 Å². The average molecular weight is 326 g/mol. The van der Waals surface area contributed by atoms with E-state index in [1.54, 1.807) is 0 Å². The number of halogens is 1. The van der Waals surface area contributed by atoms with Gasteiger partial charge in [0.25, 0.3) is 11.6 Å². The fourth-order valence-electron chi connectivity index (χ4n) is 1.44. The van der Waals surface area contributed by atoms with Crippen LogP contribution in [-0.4, -0.2) is 17.4 Å². The summed E-state index contributed by atoms with van der Waals surface area (Å²) in [4.78, 5) is 21.9. The third-order valence-electron chi connectivity index (χ3n) is 2.36. The van der Waals surface area contributed by atoms with Gasteiger partial charge in [0.1, 0.15) is 0 Å². The first kappa shape index (κ1) is 15.1. The monoisotopic (exact) mass is 325 g/mol. The second kappa shape index (κ2) is 7.48. The molecular formula is C12H12BrN3O3. The molecule has 0 bridgehead atoms. The molecule has 1 aromatic carbocycles. The molecule has 0 saturated carbocycles. The zero-order valence-electron chi connectivity index (χ0n) is 10.1. The predicted octanol–water partition coefficient (Wildman–Crippen LogP) is 2.78. The Bertz CT molecular complexity index is 525. The van der Waals surface area contributed by atoms with E-state index in [1.165, 1.54) is 18.2 Å². The van der Waals surface area contributed by atoms with Crippen LogP contribution in [0.5, 0.6) is 0 Å². The number of amides is 1. The first-order valence-electron chi connectivity index (χ1n) is 5.64. The van der Waals surface area contributed by atoms with Crippen LogP contribution in [0.4, 0.5) is 5.69 Å². The molecule has 6 nitrogen and oxygen atoms in total. The van der Waals surface area contributed by atoms with Gasteiger partial charge in [0, 0.05) is 35.1 Å². The summed E-state index contributed by atoms with van der Waals surface area (Å²) in [5.74, 6) is -0.360. The predicted molar refractivity (Wildman–Crippen MR) is 72.6 cm³/mol. The highest BCUT2D eigenvalue weighted by Gasteiger charge is 2.13. The molecule has 0 aliphatic rings. The van der Waals surface area contributed by atoms with E-state index in [0.717, 1.165) is 6.42 Å². The number of nitrogens with zero attached hydrogens (tertiary/aromatic N) is 2. The van der Waals surface area contributed by atoms with Crippen molar-refractivity contribution in [1.82, 2.24) is 5.32 Å². The molecule has 0 aromatic heterocycles. The van der Waals surface area contributed by atoms with Gasteiger partial charge in [-0.2, -0.15) is 5.26 Å². The largest absolute Gasteiger partial charge is 0.352 e. The molecule has 0 aliphatic carbocycles. The minimum Gasteiger partial charge on any atom is -0.352 e. The van der Waals surface area contributed by atoms with Crippen molar-refractivity contribution in [2.75, 3.05) is 6.54 Å². The molecule has 0 unspecified atom stereocenters. The molecule has 1 N–H and O–H groups in total. The smallest absolute Gasteiger partial charge is 0.271 e. The Morgan fingerprint density at radius 3 is 2.79 bits per heavy atom. The van der Waals surface area contributed by atoms with Crippen molar-refractivity contribution in [3.63, 3.8) is 0 Å². The van der Waals surface area contributed by atoms with E-state index >= 15 is 0 Å². The SMILES string of the molecule is N#CCCCCNC(=O)c1cc(Br)cc([N+](=O)[O-])c1. The van der Waals surface area contributed by atoms with Gasteiger partial charge in [-0.25, -0.2) is 0 Å². The van der Waals surface area contributed by atoms with Gasteiger partial charge < -0.3 is 5.32 Å². The number of carbonyl (C=O) groups is 1. The summed E-state index contributed by atoms with van der Waals surface area (Å²) >= 11 is 3.13. The van der Waals surface area contributed by atoms with E-state index in [1.807, 2.05) is 6.07 Å². The molecule has 1 rings (SSSR count). The van der Waals surface area contributed by atoms with Gasteiger partial charge in [-0.05, 0) is 18.9 Å². The first-order valence-corrected chi connectivity index (χ1v) is 6.44. The number of nitro benzene ring substituents is 1. The maximum absolute atomic E-state index is 11.8. The standard InChI is InChI=1S/C12H12BrN3O3/c13-10-6-9(7-11(8-10)16(18)19)12(17)15-5-3-1-2-4-14/h6-8H,1-3,5H2,(H,15,17). The highest BCUT2D eigenvalue weighted by atomic mass is 79.9. The Kier molecular flexibility index (Phi) is 5.96. The normalized spacial score (nSPS) is 9.68. The molecule has 7 heteroatoms. The number of carbonyl (C=O) groups excluding carboxylic acids is 1. The van der Waals surface area contributed by atoms with Crippen LogP contribution in [0.1, 0.15) is 29.6 Å². The van der Waals surface area contributed by atoms with Gasteiger partial charge in [-0.1, -0.05) is 15.9 Å². The molecule has 19 heavy (non-hydrogen) atoms. The summed E-state index contributed by atoms with van der Waals surface area (Å²) in [6.07, 6.45) is 1.88. The minimum atomic E-state index is -0.547. The summed E-state index contributed by atoms with van der Waals surface area (Å²) in [5.41, 5.74) is 0.102. The lowest BCUT2D eigenvalue weighted by atomic mass is 10.2. The van der Waals surface area contributed by atoms with Gasteiger partial charge in [0.2, 0.25) is 0 Å². The van der Waals surface area contributed by atoms with Gasteiger partial charge >= 0.3 is 0 Å². The van der Waals surface area contributed by atoms with E-state index in [9.17, 15) is 14.9 Å². The summed E-state index contributed by atoms with van der Waals surface area (Å²) in [6.45, 7) is 0.445. The van der Waals surface area contributed by atoms with E-state index < -0.39 is 4.92 Å². The van der Waals surface area contributed by atoms with Crippen molar-refractivity contribution in [3.8, 4) is 6.07 Å². The molecule has 0 fully saturated rings. The molecule has 0 heterocycles. The first-order chi connectivity index (χ1) is 9.04. The third-order valence-corrected chi connectivity index (χ3v) is 2.81. The quantitative estimate of drug-likeness (QED) is 0.494. The zero-order valence-corrected chi connectivity index (χ0v) is 11.6. The Balaban J connectivity index is 2.62. The van der Waals surface area contributed by atoms with Gasteiger partial charge in [0.15, 0.2) is 0 Å². The molecule has 100 valence electrons. The highest BCUT2D eigenvalue weighted by Crippen LogP contribution is 2.21. The lowest BCUT2D eigenvalue weighted by Gasteiger charge is -2.05. The number of nitrogens with one attached hydrogen (secondary N) is 1. The van der Waals surface area contributed by atoms with Crippen molar-refractivity contribution >= 4 is 27.5 Å². The van der Waals surface area contributed by atoms with Gasteiger partial charge in [-0.3, -0.25) is 14.9 Å². The van der Waals surface area contributed by atoms with E-state index in [2.05, 4.69) is 21.2 Å². The number of benzene rings is 1. The second-order valence-corrected chi connectivity index (χ2v) is 4.74. The Morgan fingerprint density at radius 2 is 2.16 bits per heavy atom. The van der Waals surface area contributed by atoms with Crippen LogP contribution >= 0.6 is 15.9 Å². The van der Waals surface area contributed by atoms with Crippen LogP contribution in [0.25, 0.3) is 0 Å². The maximum Gasteiger partial charge on any atom is 0.271 e. The number of hydrogen-bond acceptors (Lipinski definition) is 4. The molecule has 0 atom stereocenters. The van der Waals surface area contributed by atoms with E-state index in [-0.39, 0.29) is 17.2 Å². The van der Waals surface area contributed by atoms with E-state index in [0.29, 0.717) is 23.9 Å². The molecule has 0 saturated heterocycles. The summed E-state index contributed by atoms with van der Waals surface area (Å²) in [5, 5.41) is 21.7. The number of non-ortho nitro benzene ring substituents is 1. The molecule has 0 spiro atoms. The summed E-state index contributed by atoms with van der Waals surface area (Å²) in [6, 6.07) is 6.11. The van der Waals surface area contributed by atoms with Crippen LogP contribution < -0.4 is 5.32 Å². The molecule has 1 amide bonds. The number of rotatable bonds is 6. The topological polar surface area (TPSA) is 96.0 Å². The number of hydrogen-bond donors (Lipinski definition) is 1. The highest BCUT2D eigenvalue weighted by molar-refractivity contribution is 9.10. The van der Waals surface area contributed by atoms with Crippen LogP contribution in [0, 0.1) is 21.4 Å². The molecule has 0 aliphatic heterocycles. The molecule has 0 radical (unpaired) electrons. The summed E-state index contributed by atoms with van der Waals surface area (Å²) < 4.78 is 0.483. The van der Waals surface area contributed by atoms with Crippen molar-refractivity contribution < 1.29 is 9.72 Å². The minimum absolute atomic E-state index is 0.135. The number of nitriles is 1. The Labute approximate surface area is 118 Å². The zero-order chi connectivity index (χ0) is 14.3. The summed E-state index contributed by atoms with van der Waals surface area (Å²) in [7, 11) is 0. The van der Waals surface area contributed by atoms with Crippen molar-refractivity contribution in [2.24, 2.45) is 0 Å². The molecular weight excluding hydrogens is 314 g/mol. The fraction of sp³-hybridized carbons (Fsp3) is 0.333. The van der Waals surface area contributed by atoms with Gasteiger partial charge in [-0.15, -0.1) is 0 Å². The second-order valence-electron chi connectivity index (χ2n) is 3.83. The van der Waals surface area contributed by atoms with Crippen LogP contribution in [0.15, 0.2) is 22.7 Å². The van der Waals surface area contributed by atoms with Crippen LogP contribution in [0.3, 0.4) is 0 Å². The van der Waals surface area contributed by atoms with Crippen LogP contribution in [-0.2, 0) is 0 Å². The van der Waals surface area contributed by atoms with Crippen molar-refractivity contribution in [3.05, 3.63) is 38.3 Å². The van der Waals surface area contributed by atoms with Crippen molar-refractivity contribution in [1.29, 1.82) is 5.26 Å². The Hall–Kier alpha value is -1.94. The Morgan fingerprint density at radius 1 is 1.42 bits per heavy atom. The lowest BCUT2D eigenvalue weighted by molar-refractivity contribution is -0.385. The maximum atomic E-state index is 11.8. The van der Waals surface area contributed by atoms with Crippen LogP contribution in [0.2, 0.25) is 0 Å². The fourth-order valence-corrected chi connectivity index (χ4v) is 1.92. The number of unbranched alkanes of at least 4 members (excludes halogenated alkanes) is 2.